The number of hydrogen-bond donors (Lipinski definition) is 2. The average molecular weight is 309 g/mol. The second kappa shape index (κ2) is 6.58. The Kier molecular flexibility index (Phi) is 4.32. The summed E-state index contributed by atoms with van der Waals surface area (Å²) in [6, 6.07) is 14.4. The van der Waals surface area contributed by atoms with Gasteiger partial charge < -0.3 is 10.6 Å². The van der Waals surface area contributed by atoms with Crippen molar-refractivity contribution in [1.29, 1.82) is 0 Å². The number of nitrogens with one attached hydrogen (secondary N) is 2. The molecule has 1 saturated heterocycles. The molecule has 23 heavy (non-hydrogen) atoms. The molecule has 1 aliphatic heterocycles. The third-order valence-electron chi connectivity index (χ3n) is 5.68. The average Bonchev–Trinajstić information content (AvgIpc) is 3.02. The van der Waals surface area contributed by atoms with E-state index >= 15 is 0 Å². The maximum Gasteiger partial charge on any atom is 0.0706 e. The normalized spacial score (nSPS) is 28.7. The van der Waals surface area contributed by atoms with Crippen LogP contribution in [0.4, 0.5) is 0 Å². The first-order valence-corrected chi connectivity index (χ1v) is 9.15. The van der Waals surface area contributed by atoms with E-state index in [1.165, 1.54) is 37.5 Å². The van der Waals surface area contributed by atoms with Gasteiger partial charge in [-0.25, -0.2) is 0 Å². The smallest absolute Gasteiger partial charge is 0.0706 e. The third-order valence-corrected chi connectivity index (χ3v) is 5.68. The number of benzene rings is 1. The summed E-state index contributed by atoms with van der Waals surface area (Å²) in [7, 11) is 0. The van der Waals surface area contributed by atoms with E-state index in [0.717, 1.165) is 29.7 Å². The van der Waals surface area contributed by atoms with E-state index in [0.29, 0.717) is 12.1 Å². The molecule has 2 fully saturated rings. The molecule has 1 aromatic heterocycles. The predicted octanol–water partition coefficient (Wildman–Crippen LogP) is 3.81. The second-order valence-corrected chi connectivity index (χ2v) is 7.31. The number of aromatic nitrogens is 1. The molecule has 4 atom stereocenters. The lowest BCUT2D eigenvalue weighted by Crippen LogP contribution is -2.39. The van der Waals surface area contributed by atoms with Crippen molar-refractivity contribution in [2.45, 2.75) is 57.2 Å². The predicted molar refractivity (Wildman–Crippen MR) is 95.4 cm³/mol. The van der Waals surface area contributed by atoms with Crippen molar-refractivity contribution in [2.75, 3.05) is 6.54 Å². The molecule has 3 heteroatoms. The van der Waals surface area contributed by atoms with Gasteiger partial charge in [-0.3, -0.25) is 4.98 Å². The van der Waals surface area contributed by atoms with Crippen LogP contribution in [-0.2, 0) is 0 Å². The molecular formula is C20H27N3. The molecule has 0 amide bonds. The Morgan fingerprint density at radius 2 is 2.04 bits per heavy atom. The zero-order chi connectivity index (χ0) is 15.6. The van der Waals surface area contributed by atoms with Crippen LogP contribution in [0.1, 0.15) is 50.8 Å². The number of hydrogen-bond acceptors (Lipinski definition) is 3. The largest absolute Gasteiger partial charge is 0.310 e. The molecule has 1 aromatic carbocycles. The van der Waals surface area contributed by atoms with Gasteiger partial charge in [-0.15, -0.1) is 0 Å². The zero-order valence-electron chi connectivity index (χ0n) is 14.0. The SMILES string of the molecule is CC(NC[C@@H]1C[C@@H]2CCCC[C@@H]2N1)c1ccc2ccccc2n1. The first-order chi connectivity index (χ1) is 11.3. The van der Waals surface area contributed by atoms with Crippen LogP contribution >= 0.6 is 0 Å². The quantitative estimate of drug-likeness (QED) is 0.902. The van der Waals surface area contributed by atoms with Gasteiger partial charge in [0, 0.05) is 30.1 Å². The van der Waals surface area contributed by atoms with Crippen molar-refractivity contribution < 1.29 is 0 Å². The summed E-state index contributed by atoms with van der Waals surface area (Å²) in [6.45, 7) is 3.27. The molecule has 0 radical (unpaired) electrons. The summed E-state index contributed by atoms with van der Waals surface area (Å²) < 4.78 is 0. The molecule has 0 bridgehead atoms. The Labute approximate surface area is 138 Å². The van der Waals surface area contributed by atoms with Crippen molar-refractivity contribution in [3.63, 3.8) is 0 Å². The van der Waals surface area contributed by atoms with Crippen LogP contribution in [0.3, 0.4) is 0 Å². The Bertz CT molecular complexity index is 655. The van der Waals surface area contributed by atoms with E-state index < -0.39 is 0 Å². The Hall–Kier alpha value is -1.45. The summed E-state index contributed by atoms with van der Waals surface area (Å²) in [4.78, 5) is 4.81. The monoisotopic (exact) mass is 309 g/mol. The lowest BCUT2D eigenvalue weighted by Gasteiger charge is -2.24. The summed E-state index contributed by atoms with van der Waals surface area (Å²) in [5.41, 5.74) is 2.22. The summed E-state index contributed by atoms with van der Waals surface area (Å²) in [5.74, 6) is 0.921. The van der Waals surface area contributed by atoms with Gasteiger partial charge in [0.2, 0.25) is 0 Å². The van der Waals surface area contributed by atoms with Crippen LogP contribution in [0.15, 0.2) is 36.4 Å². The van der Waals surface area contributed by atoms with E-state index in [1.54, 1.807) is 0 Å². The van der Waals surface area contributed by atoms with Crippen molar-refractivity contribution in [1.82, 2.24) is 15.6 Å². The van der Waals surface area contributed by atoms with E-state index in [9.17, 15) is 0 Å². The number of rotatable bonds is 4. The molecule has 4 rings (SSSR count). The van der Waals surface area contributed by atoms with Gasteiger partial charge in [0.05, 0.1) is 11.2 Å². The van der Waals surface area contributed by atoms with Crippen LogP contribution in [0.2, 0.25) is 0 Å². The van der Waals surface area contributed by atoms with Crippen molar-refractivity contribution >= 4 is 10.9 Å². The van der Waals surface area contributed by atoms with E-state index in [4.69, 9.17) is 4.98 Å². The van der Waals surface area contributed by atoms with E-state index in [-0.39, 0.29) is 0 Å². The molecule has 2 aliphatic rings. The van der Waals surface area contributed by atoms with Gasteiger partial charge in [-0.05, 0) is 44.2 Å². The summed E-state index contributed by atoms with van der Waals surface area (Å²) in [5, 5.41) is 8.75. The minimum atomic E-state index is 0.295. The van der Waals surface area contributed by atoms with Crippen molar-refractivity contribution in [3.05, 3.63) is 42.1 Å². The molecular weight excluding hydrogens is 282 g/mol. The summed E-state index contributed by atoms with van der Waals surface area (Å²) >= 11 is 0. The molecule has 1 unspecified atom stereocenters. The van der Waals surface area contributed by atoms with Crippen LogP contribution in [0, 0.1) is 5.92 Å². The van der Waals surface area contributed by atoms with Crippen LogP contribution in [0.25, 0.3) is 10.9 Å². The topological polar surface area (TPSA) is 37.0 Å². The fourth-order valence-corrected chi connectivity index (χ4v) is 4.33. The molecule has 2 aromatic rings. The van der Waals surface area contributed by atoms with Crippen LogP contribution < -0.4 is 10.6 Å². The van der Waals surface area contributed by atoms with Gasteiger partial charge in [-0.2, -0.15) is 0 Å². The maximum atomic E-state index is 4.81. The van der Waals surface area contributed by atoms with Crippen LogP contribution in [0.5, 0.6) is 0 Å². The zero-order valence-corrected chi connectivity index (χ0v) is 14.0. The molecule has 3 nitrogen and oxygen atoms in total. The number of nitrogens with zero attached hydrogens (tertiary/aromatic N) is 1. The van der Waals surface area contributed by atoms with Crippen LogP contribution in [-0.4, -0.2) is 23.6 Å². The molecule has 1 saturated carbocycles. The highest BCUT2D eigenvalue weighted by Crippen LogP contribution is 2.33. The highest BCUT2D eigenvalue weighted by atomic mass is 15.1. The highest BCUT2D eigenvalue weighted by Gasteiger charge is 2.34. The Morgan fingerprint density at radius 3 is 2.96 bits per heavy atom. The molecule has 122 valence electrons. The van der Waals surface area contributed by atoms with Gasteiger partial charge in [0.25, 0.3) is 0 Å². The fraction of sp³-hybridized carbons (Fsp3) is 0.550. The van der Waals surface area contributed by atoms with Gasteiger partial charge >= 0.3 is 0 Å². The Balaban J connectivity index is 1.36. The molecule has 2 heterocycles. The molecule has 1 aliphatic carbocycles. The van der Waals surface area contributed by atoms with Gasteiger partial charge in [-0.1, -0.05) is 37.1 Å². The minimum Gasteiger partial charge on any atom is -0.310 e. The third kappa shape index (κ3) is 3.26. The highest BCUT2D eigenvalue weighted by molar-refractivity contribution is 5.78. The fourth-order valence-electron chi connectivity index (χ4n) is 4.33. The summed E-state index contributed by atoms with van der Waals surface area (Å²) in [6.07, 6.45) is 6.99. The Morgan fingerprint density at radius 1 is 1.17 bits per heavy atom. The number of fused-ring (bicyclic) bond motifs is 2. The van der Waals surface area contributed by atoms with Crippen molar-refractivity contribution in [2.24, 2.45) is 5.92 Å². The van der Waals surface area contributed by atoms with E-state index in [2.05, 4.69) is 54.0 Å². The lowest BCUT2D eigenvalue weighted by molar-refractivity contribution is 0.325. The first kappa shape index (κ1) is 15.1. The maximum absolute atomic E-state index is 4.81. The molecule has 0 spiro atoms. The number of pyridine rings is 1. The first-order valence-electron chi connectivity index (χ1n) is 9.15. The standard InChI is InChI=1S/C20H27N3/c1-14(18-11-10-15-6-2-4-8-19(15)23-18)21-13-17-12-16-7-3-5-9-20(16)22-17/h2,4,6,8,10-11,14,16-17,20-22H,3,5,7,9,12-13H2,1H3/t14?,16-,17-,20-/m0/s1. The second-order valence-electron chi connectivity index (χ2n) is 7.31. The van der Waals surface area contributed by atoms with E-state index in [1.807, 2.05) is 0 Å². The van der Waals surface area contributed by atoms with Gasteiger partial charge in [0.1, 0.15) is 0 Å². The minimum absolute atomic E-state index is 0.295. The van der Waals surface area contributed by atoms with Crippen molar-refractivity contribution in [3.8, 4) is 0 Å². The number of para-hydroxylation sites is 1. The van der Waals surface area contributed by atoms with Gasteiger partial charge in [0.15, 0.2) is 0 Å². The lowest BCUT2D eigenvalue weighted by atomic mass is 9.85. The molecule has 2 N–H and O–H groups in total.